The number of hydrogen-bond acceptors (Lipinski definition) is 4. The summed E-state index contributed by atoms with van der Waals surface area (Å²) in [5.41, 5.74) is 8.05. The first-order valence-corrected chi connectivity index (χ1v) is 5.98. The average Bonchev–Trinajstić information content (AvgIpc) is 2.30. The van der Waals surface area contributed by atoms with Crippen LogP contribution in [0.25, 0.3) is 0 Å². The van der Waals surface area contributed by atoms with Crippen LogP contribution in [0.1, 0.15) is 11.1 Å². The number of fused-ring (bicyclic) bond motifs is 1. The number of nitrogens with zero attached hydrogens (tertiary/aromatic N) is 1. The molecule has 0 aliphatic carbocycles. The monoisotopic (exact) mass is 236 g/mol. The van der Waals surface area contributed by atoms with Gasteiger partial charge in [-0.05, 0) is 37.2 Å². The van der Waals surface area contributed by atoms with Crippen LogP contribution in [0.3, 0.4) is 0 Å². The van der Waals surface area contributed by atoms with Crippen LogP contribution in [-0.2, 0) is 6.54 Å². The summed E-state index contributed by atoms with van der Waals surface area (Å²) >= 11 is 0. The Morgan fingerprint density at radius 2 is 1.88 bits per heavy atom. The molecule has 0 unspecified atom stereocenters. The van der Waals surface area contributed by atoms with Gasteiger partial charge in [-0.15, -0.1) is 0 Å². The van der Waals surface area contributed by atoms with Crippen LogP contribution in [0.4, 0.5) is 0 Å². The summed E-state index contributed by atoms with van der Waals surface area (Å²) in [6, 6.07) is 4.14. The van der Waals surface area contributed by atoms with E-state index in [0.717, 1.165) is 24.6 Å². The predicted octanol–water partition coefficient (Wildman–Crippen LogP) is 1.16. The second kappa shape index (κ2) is 5.38. The van der Waals surface area contributed by atoms with Gasteiger partial charge in [-0.1, -0.05) is 0 Å². The Morgan fingerprint density at radius 3 is 2.53 bits per heavy atom. The van der Waals surface area contributed by atoms with E-state index in [0.29, 0.717) is 19.8 Å². The molecule has 1 heterocycles. The van der Waals surface area contributed by atoms with E-state index < -0.39 is 0 Å². The number of rotatable bonds is 4. The maximum Gasteiger partial charge on any atom is 0.161 e. The number of hydrogen-bond donors (Lipinski definition) is 1. The summed E-state index contributed by atoms with van der Waals surface area (Å²) in [6.07, 6.45) is 0. The molecule has 2 N–H and O–H groups in total. The first-order valence-electron chi connectivity index (χ1n) is 5.98. The van der Waals surface area contributed by atoms with E-state index >= 15 is 0 Å². The van der Waals surface area contributed by atoms with E-state index in [4.69, 9.17) is 15.2 Å². The van der Waals surface area contributed by atoms with Crippen molar-refractivity contribution in [2.24, 2.45) is 5.73 Å². The molecule has 0 spiro atoms. The Labute approximate surface area is 102 Å². The van der Waals surface area contributed by atoms with Gasteiger partial charge in [0.05, 0.1) is 0 Å². The standard InChI is InChI=1S/C13H20N2O2/c1-10-7-12-13(17-6-5-16-12)8-11(10)9-15(2)4-3-14/h7-8H,3-6,9,14H2,1-2H3. The second-order valence-electron chi connectivity index (χ2n) is 4.45. The Balaban J connectivity index is 2.16. The molecule has 1 aromatic rings. The number of aryl methyl sites for hydroxylation is 1. The maximum atomic E-state index is 5.59. The third-order valence-electron chi connectivity index (χ3n) is 2.95. The lowest BCUT2D eigenvalue weighted by Crippen LogP contribution is -2.25. The van der Waals surface area contributed by atoms with Crippen molar-refractivity contribution in [3.8, 4) is 11.5 Å². The molecule has 0 atom stereocenters. The van der Waals surface area contributed by atoms with Crippen molar-refractivity contribution in [1.82, 2.24) is 4.90 Å². The van der Waals surface area contributed by atoms with Crippen molar-refractivity contribution >= 4 is 0 Å². The fourth-order valence-corrected chi connectivity index (χ4v) is 1.99. The third kappa shape index (κ3) is 2.90. The van der Waals surface area contributed by atoms with Gasteiger partial charge in [0.15, 0.2) is 11.5 Å². The van der Waals surface area contributed by atoms with E-state index in [2.05, 4.69) is 31.0 Å². The molecule has 0 radical (unpaired) electrons. The van der Waals surface area contributed by atoms with Crippen molar-refractivity contribution in [2.75, 3.05) is 33.4 Å². The molecule has 1 aliphatic heterocycles. The lowest BCUT2D eigenvalue weighted by Gasteiger charge is -2.22. The van der Waals surface area contributed by atoms with E-state index in [1.807, 2.05) is 0 Å². The molecule has 2 rings (SSSR count). The molecular formula is C13H20N2O2. The van der Waals surface area contributed by atoms with Crippen molar-refractivity contribution < 1.29 is 9.47 Å². The van der Waals surface area contributed by atoms with E-state index in [1.165, 1.54) is 11.1 Å². The summed E-state index contributed by atoms with van der Waals surface area (Å²) in [5, 5.41) is 0. The highest BCUT2D eigenvalue weighted by atomic mass is 16.6. The minimum absolute atomic E-state index is 0.633. The molecule has 0 saturated carbocycles. The van der Waals surface area contributed by atoms with E-state index in [1.54, 1.807) is 0 Å². The fraction of sp³-hybridized carbons (Fsp3) is 0.538. The summed E-state index contributed by atoms with van der Waals surface area (Å²) in [5.74, 6) is 1.72. The number of benzene rings is 1. The molecule has 0 saturated heterocycles. The van der Waals surface area contributed by atoms with Crippen LogP contribution in [0.15, 0.2) is 12.1 Å². The van der Waals surface area contributed by atoms with Crippen LogP contribution in [-0.4, -0.2) is 38.3 Å². The van der Waals surface area contributed by atoms with Crippen molar-refractivity contribution in [2.45, 2.75) is 13.5 Å². The topological polar surface area (TPSA) is 47.7 Å². The van der Waals surface area contributed by atoms with Crippen LogP contribution < -0.4 is 15.2 Å². The molecule has 0 fully saturated rings. The number of nitrogens with two attached hydrogens (primary N) is 1. The number of likely N-dealkylation sites (N-methyl/N-ethyl adjacent to an activating group) is 1. The highest BCUT2D eigenvalue weighted by molar-refractivity contribution is 5.47. The van der Waals surface area contributed by atoms with Gasteiger partial charge in [-0.3, -0.25) is 0 Å². The summed E-state index contributed by atoms with van der Waals surface area (Å²) in [4.78, 5) is 2.21. The van der Waals surface area contributed by atoms with Crippen LogP contribution >= 0.6 is 0 Å². The molecule has 4 heteroatoms. The molecule has 1 aromatic carbocycles. The van der Waals surface area contributed by atoms with Crippen molar-refractivity contribution in [3.05, 3.63) is 23.3 Å². The number of ether oxygens (including phenoxy) is 2. The Morgan fingerprint density at radius 1 is 1.24 bits per heavy atom. The highest BCUT2D eigenvalue weighted by Crippen LogP contribution is 2.33. The lowest BCUT2D eigenvalue weighted by atomic mass is 10.1. The Hall–Kier alpha value is -1.26. The van der Waals surface area contributed by atoms with Gasteiger partial charge in [-0.2, -0.15) is 0 Å². The molecule has 0 bridgehead atoms. The van der Waals surface area contributed by atoms with Crippen LogP contribution in [0.2, 0.25) is 0 Å². The van der Waals surface area contributed by atoms with Gasteiger partial charge in [0, 0.05) is 19.6 Å². The molecular weight excluding hydrogens is 216 g/mol. The first kappa shape index (κ1) is 12.2. The zero-order chi connectivity index (χ0) is 12.3. The lowest BCUT2D eigenvalue weighted by molar-refractivity contribution is 0.171. The molecule has 94 valence electrons. The summed E-state index contributed by atoms with van der Waals surface area (Å²) in [7, 11) is 2.07. The third-order valence-corrected chi connectivity index (χ3v) is 2.95. The first-order chi connectivity index (χ1) is 8.20. The van der Waals surface area contributed by atoms with Crippen LogP contribution in [0.5, 0.6) is 11.5 Å². The fourth-order valence-electron chi connectivity index (χ4n) is 1.99. The SMILES string of the molecule is Cc1cc2c(cc1CN(C)CCN)OCCO2. The second-order valence-corrected chi connectivity index (χ2v) is 4.45. The molecule has 4 nitrogen and oxygen atoms in total. The maximum absolute atomic E-state index is 5.59. The summed E-state index contributed by atoms with van der Waals surface area (Å²) in [6.45, 7) is 5.84. The Kier molecular flexibility index (Phi) is 3.86. The van der Waals surface area contributed by atoms with Gasteiger partial charge in [0.25, 0.3) is 0 Å². The largest absolute Gasteiger partial charge is 0.486 e. The highest BCUT2D eigenvalue weighted by Gasteiger charge is 2.14. The zero-order valence-corrected chi connectivity index (χ0v) is 10.5. The quantitative estimate of drug-likeness (QED) is 0.852. The van der Waals surface area contributed by atoms with Gasteiger partial charge in [0.1, 0.15) is 13.2 Å². The molecule has 17 heavy (non-hydrogen) atoms. The van der Waals surface area contributed by atoms with E-state index in [-0.39, 0.29) is 0 Å². The zero-order valence-electron chi connectivity index (χ0n) is 10.5. The smallest absolute Gasteiger partial charge is 0.161 e. The van der Waals surface area contributed by atoms with Gasteiger partial charge in [-0.25, -0.2) is 0 Å². The van der Waals surface area contributed by atoms with E-state index in [9.17, 15) is 0 Å². The minimum Gasteiger partial charge on any atom is -0.486 e. The van der Waals surface area contributed by atoms with Gasteiger partial charge in [0.2, 0.25) is 0 Å². The molecule has 1 aliphatic rings. The Bertz CT molecular complexity index is 393. The molecule has 0 amide bonds. The minimum atomic E-state index is 0.633. The summed E-state index contributed by atoms with van der Waals surface area (Å²) < 4.78 is 11.1. The predicted molar refractivity (Wildman–Crippen MR) is 67.6 cm³/mol. The van der Waals surface area contributed by atoms with Crippen molar-refractivity contribution in [3.63, 3.8) is 0 Å². The molecule has 0 aromatic heterocycles. The average molecular weight is 236 g/mol. The van der Waals surface area contributed by atoms with Gasteiger partial charge < -0.3 is 20.1 Å². The normalized spacial score (nSPS) is 14.1. The van der Waals surface area contributed by atoms with Crippen molar-refractivity contribution in [1.29, 1.82) is 0 Å². The van der Waals surface area contributed by atoms with Gasteiger partial charge >= 0.3 is 0 Å². The van der Waals surface area contributed by atoms with Crippen LogP contribution in [0, 0.1) is 6.92 Å².